The van der Waals surface area contributed by atoms with Gasteiger partial charge in [-0.2, -0.15) is 17.5 Å². The van der Waals surface area contributed by atoms with Crippen LogP contribution in [0.1, 0.15) is 31.9 Å². The fraction of sp³-hybridized carbons (Fsp3) is 0.571. The number of halogens is 3. The van der Waals surface area contributed by atoms with Gasteiger partial charge in [-0.25, -0.2) is 8.42 Å². The second-order valence-electron chi connectivity index (χ2n) is 5.69. The Bertz CT molecular complexity index is 606. The van der Waals surface area contributed by atoms with Crippen molar-refractivity contribution in [1.29, 1.82) is 0 Å². The van der Waals surface area contributed by atoms with Crippen LogP contribution in [0, 0.1) is 0 Å². The molecule has 0 fully saturated rings. The predicted octanol–water partition coefficient (Wildman–Crippen LogP) is 2.63. The molecule has 22 heavy (non-hydrogen) atoms. The third-order valence-electron chi connectivity index (χ3n) is 2.91. The highest BCUT2D eigenvalue weighted by Crippen LogP contribution is 2.30. The van der Waals surface area contributed by atoms with Crippen molar-refractivity contribution in [2.45, 2.75) is 38.3 Å². The van der Waals surface area contributed by atoms with Crippen LogP contribution >= 0.6 is 0 Å². The minimum atomic E-state index is -4.52. The molecule has 4 nitrogen and oxygen atoms in total. The van der Waals surface area contributed by atoms with E-state index in [0.717, 1.165) is 16.4 Å². The minimum absolute atomic E-state index is 0.0593. The maximum atomic E-state index is 12.7. The summed E-state index contributed by atoms with van der Waals surface area (Å²) in [5.74, 6) is -0.541. The zero-order valence-electron chi connectivity index (χ0n) is 12.7. The molecule has 0 unspecified atom stereocenters. The van der Waals surface area contributed by atoms with Gasteiger partial charge in [0.05, 0.1) is 16.9 Å². The number of rotatable bonds is 6. The molecule has 126 valence electrons. The van der Waals surface area contributed by atoms with Crippen LogP contribution < -0.4 is 0 Å². The second kappa shape index (κ2) is 6.55. The SMILES string of the molecule is CCN(CC(C)(C)O)S(=O)(=O)Cc1cccc(C(F)(F)F)c1. The molecule has 0 aliphatic carbocycles. The Morgan fingerprint density at radius 2 is 1.82 bits per heavy atom. The zero-order chi connectivity index (χ0) is 17.2. The number of benzene rings is 1. The third-order valence-corrected chi connectivity index (χ3v) is 4.78. The number of nitrogens with zero attached hydrogens (tertiary/aromatic N) is 1. The molecule has 1 aromatic rings. The molecule has 0 aliphatic heterocycles. The van der Waals surface area contributed by atoms with Crippen molar-refractivity contribution in [2.75, 3.05) is 13.1 Å². The van der Waals surface area contributed by atoms with Crippen molar-refractivity contribution < 1.29 is 26.7 Å². The quantitative estimate of drug-likeness (QED) is 0.867. The van der Waals surface area contributed by atoms with E-state index in [-0.39, 0.29) is 18.7 Å². The summed E-state index contributed by atoms with van der Waals surface area (Å²) in [7, 11) is -3.81. The molecule has 8 heteroatoms. The Morgan fingerprint density at radius 3 is 2.27 bits per heavy atom. The molecule has 0 heterocycles. The van der Waals surface area contributed by atoms with Crippen LogP contribution in [0.2, 0.25) is 0 Å². The van der Waals surface area contributed by atoms with E-state index in [1.54, 1.807) is 6.92 Å². The van der Waals surface area contributed by atoms with Crippen molar-refractivity contribution in [3.63, 3.8) is 0 Å². The van der Waals surface area contributed by atoms with E-state index in [2.05, 4.69) is 0 Å². The first-order chi connectivity index (χ1) is 9.85. The second-order valence-corrected chi connectivity index (χ2v) is 7.66. The van der Waals surface area contributed by atoms with Gasteiger partial charge < -0.3 is 5.11 Å². The molecule has 0 aromatic heterocycles. The highest BCUT2D eigenvalue weighted by atomic mass is 32.2. The highest BCUT2D eigenvalue weighted by molar-refractivity contribution is 7.88. The van der Waals surface area contributed by atoms with E-state index in [1.165, 1.54) is 26.0 Å². The smallest absolute Gasteiger partial charge is 0.389 e. The molecular weight excluding hydrogens is 319 g/mol. The number of alkyl halides is 3. The van der Waals surface area contributed by atoms with E-state index < -0.39 is 33.1 Å². The summed E-state index contributed by atoms with van der Waals surface area (Å²) in [6.45, 7) is 4.55. The lowest BCUT2D eigenvalue weighted by Crippen LogP contribution is -2.42. The lowest BCUT2D eigenvalue weighted by Gasteiger charge is -2.27. The van der Waals surface area contributed by atoms with Crippen LogP contribution in [0.25, 0.3) is 0 Å². The Kier molecular flexibility index (Phi) is 5.64. The van der Waals surface area contributed by atoms with Crippen molar-refractivity contribution in [3.05, 3.63) is 35.4 Å². The van der Waals surface area contributed by atoms with Gasteiger partial charge in [-0.3, -0.25) is 0 Å². The lowest BCUT2D eigenvalue weighted by molar-refractivity contribution is -0.137. The molecular formula is C14H20F3NO3S. The van der Waals surface area contributed by atoms with E-state index >= 15 is 0 Å². The van der Waals surface area contributed by atoms with Crippen molar-refractivity contribution in [3.8, 4) is 0 Å². The first kappa shape index (κ1) is 18.9. The van der Waals surface area contributed by atoms with Gasteiger partial charge >= 0.3 is 6.18 Å². The van der Waals surface area contributed by atoms with Crippen LogP contribution in [0.5, 0.6) is 0 Å². The van der Waals surface area contributed by atoms with Gasteiger partial charge in [-0.15, -0.1) is 0 Å². The number of sulfonamides is 1. The molecule has 0 saturated heterocycles. The van der Waals surface area contributed by atoms with Crippen LogP contribution in [-0.2, 0) is 22.0 Å². The largest absolute Gasteiger partial charge is 0.416 e. The number of hydrogen-bond donors (Lipinski definition) is 1. The molecule has 1 N–H and O–H groups in total. The molecule has 0 aliphatic rings. The fourth-order valence-corrected chi connectivity index (χ4v) is 3.67. The summed E-state index contributed by atoms with van der Waals surface area (Å²) < 4.78 is 63.6. The molecule has 1 rings (SSSR count). The topological polar surface area (TPSA) is 57.6 Å². The summed E-state index contributed by atoms with van der Waals surface area (Å²) in [6, 6.07) is 4.24. The first-order valence-corrected chi connectivity index (χ1v) is 8.32. The van der Waals surface area contributed by atoms with Crippen LogP contribution in [-0.4, -0.2) is 36.5 Å². The van der Waals surface area contributed by atoms with Crippen molar-refractivity contribution in [2.24, 2.45) is 0 Å². The average molecular weight is 339 g/mol. The molecule has 0 bridgehead atoms. The van der Waals surface area contributed by atoms with Crippen LogP contribution in [0.4, 0.5) is 13.2 Å². The third kappa shape index (κ3) is 5.58. The summed E-state index contributed by atoms with van der Waals surface area (Å²) in [4.78, 5) is 0. The summed E-state index contributed by atoms with van der Waals surface area (Å²) in [6.07, 6.45) is -4.52. The van der Waals surface area contributed by atoms with E-state index in [9.17, 15) is 26.7 Å². The van der Waals surface area contributed by atoms with Gasteiger partial charge in [0.15, 0.2) is 0 Å². The molecule has 0 spiro atoms. The normalized spacial score (nSPS) is 13.6. The van der Waals surface area contributed by atoms with E-state index in [1.807, 2.05) is 0 Å². The first-order valence-electron chi connectivity index (χ1n) is 6.71. The highest BCUT2D eigenvalue weighted by Gasteiger charge is 2.31. The van der Waals surface area contributed by atoms with Gasteiger partial charge in [0.25, 0.3) is 0 Å². The fourth-order valence-electron chi connectivity index (χ4n) is 1.98. The monoisotopic (exact) mass is 339 g/mol. The average Bonchev–Trinajstić information content (AvgIpc) is 2.33. The van der Waals surface area contributed by atoms with E-state index in [4.69, 9.17) is 0 Å². The lowest BCUT2D eigenvalue weighted by atomic mass is 10.1. The molecule has 0 saturated carbocycles. The molecule has 0 atom stereocenters. The number of hydrogen-bond acceptors (Lipinski definition) is 3. The van der Waals surface area contributed by atoms with Gasteiger partial charge in [0, 0.05) is 13.1 Å². The Labute approximate surface area is 128 Å². The minimum Gasteiger partial charge on any atom is -0.389 e. The van der Waals surface area contributed by atoms with Crippen molar-refractivity contribution >= 4 is 10.0 Å². The van der Waals surface area contributed by atoms with Crippen LogP contribution in [0.15, 0.2) is 24.3 Å². The zero-order valence-corrected chi connectivity index (χ0v) is 13.5. The predicted molar refractivity (Wildman–Crippen MR) is 77.6 cm³/mol. The number of aliphatic hydroxyl groups is 1. The summed E-state index contributed by atoms with van der Waals surface area (Å²) >= 11 is 0. The molecule has 0 amide bonds. The van der Waals surface area contributed by atoms with Gasteiger partial charge in [-0.1, -0.05) is 25.1 Å². The van der Waals surface area contributed by atoms with Gasteiger partial charge in [-0.05, 0) is 25.5 Å². The Hall–Kier alpha value is -1.12. The Balaban J connectivity index is 3.01. The summed E-state index contributed by atoms with van der Waals surface area (Å²) in [5, 5.41) is 9.74. The molecule has 1 aromatic carbocycles. The van der Waals surface area contributed by atoms with Crippen LogP contribution in [0.3, 0.4) is 0 Å². The van der Waals surface area contributed by atoms with Gasteiger partial charge in [0.1, 0.15) is 0 Å². The number of likely N-dealkylation sites (N-methyl/N-ethyl adjacent to an activating group) is 1. The Morgan fingerprint density at radius 1 is 1.23 bits per heavy atom. The maximum absolute atomic E-state index is 12.7. The molecule has 0 radical (unpaired) electrons. The van der Waals surface area contributed by atoms with Gasteiger partial charge in [0.2, 0.25) is 10.0 Å². The standard InChI is InChI=1S/C14H20F3NO3S/c1-4-18(10-13(2,3)19)22(20,21)9-11-6-5-7-12(8-11)14(15,16)17/h5-8,19H,4,9-10H2,1-3H3. The maximum Gasteiger partial charge on any atom is 0.416 e. The van der Waals surface area contributed by atoms with Crippen molar-refractivity contribution in [1.82, 2.24) is 4.31 Å². The van der Waals surface area contributed by atoms with E-state index in [0.29, 0.717) is 0 Å². The summed E-state index contributed by atoms with van der Waals surface area (Å²) in [5.41, 5.74) is -2.05.